The molecule has 3 rings (SSSR count). The van der Waals surface area contributed by atoms with E-state index in [1.165, 1.54) is 19.1 Å². The molecular weight excluding hydrogens is 360 g/mol. The summed E-state index contributed by atoms with van der Waals surface area (Å²) in [6.45, 7) is 11.8. The number of piperazine rings is 1. The Morgan fingerprint density at radius 1 is 1.32 bits per heavy atom. The van der Waals surface area contributed by atoms with Crippen LogP contribution in [0.3, 0.4) is 0 Å². The first-order chi connectivity index (χ1) is 13.3. The number of β-amino-alcohol motifs (C(OH)–C–C–N with tert-alkyl or cyclic N) is 1. The Bertz CT molecular complexity index is 630. The molecule has 0 aromatic carbocycles. The molecule has 2 N–H and O–H groups in total. The zero-order chi connectivity index (χ0) is 20.1. The molecule has 1 aliphatic heterocycles. The van der Waals surface area contributed by atoms with E-state index in [4.69, 9.17) is 9.15 Å². The number of carbonyl (C=O) groups excluding carboxylic acids is 1. The Kier molecular flexibility index (Phi) is 7.09. The summed E-state index contributed by atoms with van der Waals surface area (Å²) in [5.74, 6) is 1.06. The van der Waals surface area contributed by atoms with Crippen LogP contribution in [0.4, 0.5) is 0 Å². The van der Waals surface area contributed by atoms with Crippen molar-refractivity contribution in [2.24, 2.45) is 5.92 Å². The Labute approximate surface area is 167 Å². The molecule has 1 atom stereocenters. The molecule has 1 amide bonds. The highest BCUT2D eigenvalue weighted by atomic mass is 16.5. The molecule has 1 aromatic rings. The molecule has 0 radical (unpaired) electrons. The van der Waals surface area contributed by atoms with Crippen molar-refractivity contribution in [2.75, 3.05) is 45.9 Å². The van der Waals surface area contributed by atoms with Gasteiger partial charge in [-0.2, -0.15) is 0 Å². The minimum absolute atomic E-state index is 0.154. The molecule has 1 aliphatic carbocycles. The summed E-state index contributed by atoms with van der Waals surface area (Å²) in [5.41, 5.74) is 0.125. The predicted octanol–water partition coefficient (Wildman–Crippen LogP) is 1.11. The van der Waals surface area contributed by atoms with Gasteiger partial charge in [-0.25, -0.2) is 4.98 Å². The van der Waals surface area contributed by atoms with E-state index < -0.39 is 6.10 Å². The lowest BCUT2D eigenvalue weighted by molar-refractivity contribution is -0.0588. The fourth-order valence-electron chi connectivity index (χ4n) is 3.16. The lowest BCUT2D eigenvalue weighted by Gasteiger charge is -2.35. The molecule has 8 nitrogen and oxygen atoms in total. The van der Waals surface area contributed by atoms with Gasteiger partial charge in [-0.15, -0.1) is 0 Å². The van der Waals surface area contributed by atoms with E-state index in [-0.39, 0.29) is 11.5 Å². The van der Waals surface area contributed by atoms with Crippen LogP contribution in [0, 0.1) is 5.92 Å². The van der Waals surface area contributed by atoms with Crippen molar-refractivity contribution in [2.45, 2.75) is 51.9 Å². The van der Waals surface area contributed by atoms with Crippen molar-refractivity contribution >= 4 is 5.91 Å². The summed E-state index contributed by atoms with van der Waals surface area (Å²) < 4.78 is 11.1. The summed E-state index contributed by atoms with van der Waals surface area (Å²) in [5, 5.41) is 13.1. The Morgan fingerprint density at radius 2 is 2.00 bits per heavy atom. The van der Waals surface area contributed by atoms with Crippen LogP contribution in [-0.2, 0) is 11.3 Å². The van der Waals surface area contributed by atoms with Crippen molar-refractivity contribution in [1.82, 2.24) is 20.1 Å². The molecule has 2 aliphatic rings. The highest BCUT2D eigenvalue weighted by molar-refractivity contribution is 5.91. The Morgan fingerprint density at radius 3 is 2.64 bits per heavy atom. The van der Waals surface area contributed by atoms with E-state index in [1.807, 2.05) is 20.8 Å². The summed E-state index contributed by atoms with van der Waals surface area (Å²) >= 11 is 0. The summed E-state index contributed by atoms with van der Waals surface area (Å²) in [7, 11) is 0. The Balaban J connectivity index is 1.35. The normalized spacial score (nSPS) is 20.3. The zero-order valence-electron chi connectivity index (χ0n) is 17.3. The van der Waals surface area contributed by atoms with Crippen LogP contribution >= 0.6 is 0 Å². The maximum Gasteiger partial charge on any atom is 0.273 e. The summed E-state index contributed by atoms with van der Waals surface area (Å²) in [4.78, 5) is 20.9. The molecule has 0 unspecified atom stereocenters. The number of nitrogens with zero attached hydrogens (tertiary/aromatic N) is 3. The van der Waals surface area contributed by atoms with E-state index in [0.29, 0.717) is 37.2 Å². The number of rotatable bonds is 9. The van der Waals surface area contributed by atoms with Gasteiger partial charge in [0.1, 0.15) is 6.26 Å². The number of carbonyl (C=O) groups is 1. The average Bonchev–Trinajstić information content (AvgIpc) is 3.36. The number of aliphatic hydroxyl groups is 1. The van der Waals surface area contributed by atoms with Gasteiger partial charge in [-0.3, -0.25) is 14.6 Å². The molecule has 1 aromatic heterocycles. The van der Waals surface area contributed by atoms with Crippen molar-refractivity contribution in [3.05, 3.63) is 17.8 Å². The number of ether oxygens (including phenoxy) is 1. The third kappa shape index (κ3) is 7.16. The average molecular weight is 395 g/mol. The molecule has 2 fully saturated rings. The lowest BCUT2D eigenvalue weighted by Crippen LogP contribution is -2.49. The highest BCUT2D eigenvalue weighted by Crippen LogP contribution is 2.27. The highest BCUT2D eigenvalue weighted by Gasteiger charge is 2.24. The molecule has 1 saturated carbocycles. The summed E-state index contributed by atoms with van der Waals surface area (Å²) in [6, 6.07) is 0. The molecule has 2 heterocycles. The third-order valence-corrected chi connectivity index (χ3v) is 5.03. The number of aromatic nitrogens is 1. The van der Waals surface area contributed by atoms with Crippen molar-refractivity contribution in [1.29, 1.82) is 0 Å². The monoisotopic (exact) mass is 394 g/mol. The first-order valence-corrected chi connectivity index (χ1v) is 10.3. The number of aliphatic hydroxyl groups excluding tert-OH is 1. The number of amides is 1. The first kappa shape index (κ1) is 21.2. The molecule has 1 saturated heterocycles. The van der Waals surface area contributed by atoms with Gasteiger partial charge < -0.3 is 19.6 Å². The topological polar surface area (TPSA) is 91.1 Å². The molecule has 158 valence electrons. The second kappa shape index (κ2) is 9.35. The van der Waals surface area contributed by atoms with Gasteiger partial charge in [0.25, 0.3) is 5.91 Å². The standard InChI is InChI=1S/C20H34N4O4/c1-20(2,3)28-13-16(25)11-23-6-8-24(9-7-23)12-18-22-17(14-27-18)19(26)21-10-15-4-5-15/h14-16,25H,4-13H2,1-3H3,(H,21,26)/t16-/m1/s1. The van der Waals surface area contributed by atoms with Gasteiger partial charge in [0, 0.05) is 39.3 Å². The molecule has 0 bridgehead atoms. The minimum atomic E-state index is -0.478. The van der Waals surface area contributed by atoms with Crippen molar-refractivity contribution in [3.63, 3.8) is 0 Å². The fourth-order valence-corrected chi connectivity index (χ4v) is 3.16. The zero-order valence-corrected chi connectivity index (χ0v) is 17.3. The van der Waals surface area contributed by atoms with E-state index in [2.05, 4.69) is 20.1 Å². The van der Waals surface area contributed by atoms with Crippen LogP contribution in [-0.4, -0.2) is 83.4 Å². The van der Waals surface area contributed by atoms with Crippen LogP contribution in [0.2, 0.25) is 0 Å². The SMILES string of the molecule is CC(C)(C)OC[C@H](O)CN1CCN(Cc2nc(C(=O)NCC3CC3)co2)CC1. The molecule has 8 heteroatoms. The van der Waals surface area contributed by atoms with Crippen molar-refractivity contribution < 1.29 is 19.1 Å². The van der Waals surface area contributed by atoms with Gasteiger partial charge in [-0.05, 0) is 39.5 Å². The molecule has 0 spiro atoms. The van der Waals surface area contributed by atoms with Crippen LogP contribution in [0.5, 0.6) is 0 Å². The predicted molar refractivity (Wildman–Crippen MR) is 105 cm³/mol. The van der Waals surface area contributed by atoms with E-state index >= 15 is 0 Å². The van der Waals surface area contributed by atoms with Crippen LogP contribution in [0.25, 0.3) is 0 Å². The quantitative estimate of drug-likeness (QED) is 0.648. The number of oxazole rings is 1. The second-order valence-corrected chi connectivity index (χ2v) is 8.93. The first-order valence-electron chi connectivity index (χ1n) is 10.3. The maximum absolute atomic E-state index is 12.1. The van der Waals surface area contributed by atoms with E-state index in [9.17, 15) is 9.90 Å². The third-order valence-electron chi connectivity index (χ3n) is 5.03. The second-order valence-electron chi connectivity index (χ2n) is 8.93. The van der Waals surface area contributed by atoms with Gasteiger partial charge in [0.05, 0.1) is 24.9 Å². The van der Waals surface area contributed by atoms with Gasteiger partial charge in [0.2, 0.25) is 5.89 Å². The number of hydrogen-bond acceptors (Lipinski definition) is 7. The number of nitrogens with one attached hydrogen (secondary N) is 1. The van der Waals surface area contributed by atoms with E-state index in [1.54, 1.807) is 0 Å². The van der Waals surface area contributed by atoms with Crippen molar-refractivity contribution in [3.8, 4) is 0 Å². The Hall–Kier alpha value is -1.48. The van der Waals surface area contributed by atoms with Crippen LogP contribution in [0.1, 0.15) is 50.0 Å². The number of hydrogen-bond donors (Lipinski definition) is 2. The van der Waals surface area contributed by atoms with E-state index in [0.717, 1.165) is 32.7 Å². The molecular formula is C20H34N4O4. The largest absolute Gasteiger partial charge is 0.447 e. The van der Waals surface area contributed by atoms with Gasteiger partial charge >= 0.3 is 0 Å². The van der Waals surface area contributed by atoms with Crippen LogP contribution in [0.15, 0.2) is 10.7 Å². The lowest BCUT2D eigenvalue weighted by atomic mass is 10.2. The maximum atomic E-state index is 12.1. The minimum Gasteiger partial charge on any atom is -0.447 e. The van der Waals surface area contributed by atoms with Gasteiger partial charge in [0.15, 0.2) is 5.69 Å². The summed E-state index contributed by atoms with van der Waals surface area (Å²) in [6.07, 6.45) is 3.38. The smallest absolute Gasteiger partial charge is 0.273 e. The van der Waals surface area contributed by atoms with Crippen LogP contribution < -0.4 is 5.32 Å². The molecule has 28 heavy (non-hydrogen) atoms. The van der Waals surface area contributed by atoms with Gasteiger partial charge in [-0.1, -0.05) is 0 Å². The fraction of sp³-hybridized carbons (Fsp3) is 0.800.